The first-order valence-electron chi connectivity index (χ1n) is 8.54. The third-order valence-corrected chi connectivity index (χ3v) is 3.95. The highest BCUT2D eigenvalue weighted by atomic mass is 16.5. The lowest BCUT2D eigenvalue weighted by molar-refractivity contribution is 0.0358. The molecule has 0 saturated heterocycles. The third kappa shape index (κ3) is 4.94. The summed E-state index contributed by atoms with van der Waals surface area (Å²) in [5.41, 5.74) is 4.24. The molecule has 142 valence electrons. The molecule has 0 unspecified atom stereocenters. The zero-order valence-corrected chi connectivity index (χ0v) is 16.2. The number of amides is 2. The summed E-state index contributed by atoms with van der Waals surface area (Å²) in [6, 6.07) is 13.2. The van der Waals surface area contributed by atoms with Crippen molar-refractivity contribution >= 4 is 17.8 Å². The van der Waals surface area contributed by atoms with Gasteiger partial charge in [-0.05, 0) is 64.1 Å². The van der Waals surface area contributed by atoms with Crippen LogP contribution in [0.1, 0.15) is 57.4 Å². The summed E-state index contributed by atoms with van der Waals surface area (Å²) >= 11 is 0. The van der Waals surface area contributed by atoms with Crippen LogP contribution in [0, 0.1) is 6.92 Å². The van der Waals surface area contributed by atoms with Crippen molar-refractivity contribution in [3.05, 3.63) is 70.8 Å². The van der Waals surface area contributed by atoms with Crippen molar-refractivity contribution in [2.24, 2.45) is 0 Å². The summed E-state index contributed by atoms with van der Waals surface area (Å²) in [5, 5.41) is 1.29. The van der Waals surface area contributed by atoms with Gasteiger partial charge in [0.05, 0.1) is 18.2 Å². The van der Waals surface area contributed by atoms with E-state index in [2.05, 4.69) is 10.2 Å². The summed E-state index contributed by atoms with van der Waals surface area (Å²) in [6.07, 6.45) is 0. The van der Waals surface area contributed by atoms with Gasteiger partial charge in [-0.15, -0.1) is 0 Å². The molecule has 6 heteroatoms. The second-order valence-corrected chi connectivity index (χ2v) is 7.19. The molecule has 6 nitrogen and oxygen atoms in total. The summed E-state index contributed by atoms with van der Waals surface area (Å²) in [5.74, 6) is -1.22. The average molecular weight is 368 g/mol. The molecule has 2 rings (SSSR count). The Morgan fingerprint density at radius 3 is 1.81 bits per heavy atom. The molecule has 2 amide bonds. The molecule has 2 aromatic rings. The van der Waals surface area contributed by atoms with Crippen molar-refractivity contribution in [3.8, 4) is 0 Å². The Balaban J connectivity index is 2.25. The molecule has 27 heavy (non-hydrogen) atoms. The highest BCUT2D eigenvalue weighted by Crippen LogP contribution is 2.17. The van der Waals surface area contributed by atoms with Crippen LogP contribution >= 0.6 is 0 Å². The minimum atomic E-state index is -0.654. The Morgan fingerprint density at radius 1 is 0.852 bits per heavy atom. The van der Waals surface area contributed by atoms with Crippen LogP contribution in [0.4, 0.5) is 0 Å². The van der Waals surface area contributed by atoms with E-state index in [0.29, 0.717) is 16.7 Å². The van der Waals surface area contributed by atoms with E-state index >= 15 is 0 Å². The molecule has 0 aliphatic carbocycles. The fourth-order valence-corrected chi connectivity index (χ4v) is 2.39. The second-order valence-electron chi connectivity index (χ2n) is 7.19. The van der Waals surface area contributed by atoms with Crippen LogP contribution in [0.25, 0.3) is 0 Å². The van der Waals surface area contributed by atoms with Gasteiger partial charge in [-0.2, -0.15) is 0 Å². The maximum atomic E-state index is 13.0. The SMILES string of the molecule is COC(=O)c1ccc(C(=O)N(NC(=O)c2ccc(C)cc2)C(C)(C)C)cc1. The largest absolute Gasteiger partial charge is 0.465 e. The quantitative estimate of drug-likeness (QED) is 0.666. The molecule has 0 bridgehead atoms. The zero-order valence-electron chi connectivity index (χ0n) is 16.2. The first-order valence-corrected chi connectivity index (χ1v) is 8.54. The van der Waals surface area contributed by atoms with Crippen molar-refractivity contribution in [1.82, 2.24) is 10.4 Å². The number of rotatable bonds is 3. The number of hydrazine groups is 1. The lowest BCUT2D eigenvalue weighted by atomic mass is 10.1. The Kier molecular flexibility index (Phi) is 6.00. The van der Waals surface area contributed by atoms with E-state index in [1.54, 1.807) is 12.1 Å². The maximum absolute atomic E-state index is 13.0. The number of ether oxygens (including phenoxy) is 1. The predicted octanol–water partition coefficient (Wildman–Crippen LogP) is 3.37. The second kappa shape index (κ2) is 8.03. The van der Waals surface area contributed by atoms with Crippen molar-refractivity contribution in [1.29, 1.82) is 0 Å². The van der Waals surface area contributed by atoms with E-state index in [1.807, 2.05) is 39.8 Å². The van der Waals surface area contributed by atoms with Gasteiger partial charge in [-0.3, -0.25) is 15.0 Å². The van der Waals surface area contributed by atoms with Crippen LogP contribution in [0.3, 0.4) is 0 Å². The number of aryl methyl sites for hydroxylation is 1. The van der Waals surface area contributed by atoms with Gasteiger partial charge in [0, 0.05) is 11.1 Å². The van der Waals surface area contributed by atoms with Crippen LogP contribution in [-0.4, -0.2) is 35.4 Å². The Morgan fingerprint density at radius 2 is 1.33 bits per heavy atom. The van der Waals surface area contributed by atoms with Gasteiger partial charge in [-0.25, -0.2) is 9.80 Å². The topological polar surface area (TPSA) is 75.7 Å². The van der Waals surface area contributed by atoms with Crippen LogP contribution in [0.2, 0.25) is 0 Å². The van der Waals surface area contributed by atoms with Crippen LogP contribution < -0.4 is 5.43 Å². The lowest BCUT2D eigenvalue weighted by Crippen LogP contribution is -2.55. The first-order chi connectivity index (χ1) is 12.6. The van der Waals surface area contributed by atoms with E-state index < -0.39 is 11.5 Å². The fraction of sp³-hybridized carbons (Fsp3) is 0.286. The molecule has 2 aromatic carbocycles. The summed E-state index contributed by atoms with van der Waals surface area (Å²) in [6.45, 7) is 7.40. The molecular formula is C21H24N2O4. The molecule has 0 heterocycles. The summed E-state index contributed by atoms with van der Waals surface area (Å²) < 4.78 is 4.66. The van der Waals surface area contributed by atoms with Gasteiger partial charge in [0.25, 0.3) is 11.8 Å². The van der Waals surface area contributed by atoms with Gasteiger partial charge >= 0.3 is 5.97 Å². The number of esters is 1. The standard InChI is InChI=1S/C21H24N2O4/c1-14-6-8-15(9-7-14)18(24)22-23(21(2,3)4)19(25)16-10-12-17(13-11-16)20(26)27-5/h6-13H,1-5H3,(H,22,24). The van der Waals surface area contributed by atoms with Gasteiger partial charge in [0.2, 0.25) is 0 Å². The Labute approximate surface area is 159 Å². The number of methoxy groups -OCH3 is 1. The summed E-state index contributed by atoms with van der Waals surface area (Å²) in [4.78, 5) is 37.1. The van der Waals surface area contributed by atoms with Gasteiger partial charge in [0.15, 0.2) is 0 Å². The fourth-order valence-electron chi connectivity index (χ4n) is 2.39. The molecule has 0 spiro atoms. The van der Waals surface area contributed by atoms with E-state index in [-0.39, 0.29) is 11.8 Å². The van der Waals surface area contributed by atoms with Crippen LogP contribution in [0.15, 0.2) is 48.5 Å². The number of hydrogen-bond acceptors (Lipinski definition) is 4. The normalized spacial score (nSPS) is 10.9. The molecule has 0 aliphatic rings. The number of nitrogens with zero attached hydrogens (tertiary/aromatic N) is 1. The predicted molar refractivity (Wildman–Crippen MR) is 102 cm³/mol. The van der Waals surface area contributed by atoms with Crippen molar-refractivity contribution in [3.63, 3.8) is 0 Å². The average Bonchev–Trinajstić information content (AvgIpc) is 2.64. The maximum Gasteiger partial charge on any atom is 0.337 e. The molecule has 1 N–H and O–H groups in total. The van der Waals surface area contributed by atoms with Gasteiger partial charge < -0.3 is 4.74 Å². The number of carbonyl (C=O) groups excluding carboxylic acids is 3. The lowest BCUT2D eigenvalue weighted by Gasteiger charge is -2.35. The van der Waals surface area contributed by atoms with E-state index in [4.69, 9.17) is 0 Å². The van der Waals surface area contributed by atoms with E-state index in [1.165, 1.54) is 36.4 Å². The molecular weight excluding hydrogens is 344 g/mol. The summed E-state index contributed by atoms with van der Waals surface area (Å²) in [7, 11) is 1.29. The van der Waals surface area contributed by atoms with Crippen LogP contribution in [-0.2, 0) is 4.74 Å². The van der Waals surface area contributed by atoms with Crippen molar-refractivity contribution in [2.45, 2.75) is 33.2 Å². The highest BCUT2D eigenvalue weighted by Gasteiger charge is 2.29. The molecule has 0 aromatic heterocycles. The van der Waals surface area contributed by atoms with Crippen LogP contribution in [0.5, 0.6) is 0 Å². The van der Waals surface area contributed by atoms with Gasteiger partial charge in [0.1, 0.15) is 0 Å². The Bertz CT molecular complexity index is 834. The zero-order chi connectivity index (χ0) is 20.2. The van der Waals surface area contributed by atoms with Crippen molar-refractivity contribution in [2.75, 3.05) is 7.11 Å². The minimum absolute atomic E-state index is 0.347. The Hall–Kier alpha value is -3.15. The van der Waals surface area contributed by atoms with Gasteiger partial charge in [-0.1, -0.05) is 17.7 Å². The number of benzene rings is 2. The minimum Gasteiger partial charge on any atom is -0.465 e. The molecule has 0 fully saturated rings. The molecule has 0 saturated carbocycles. The van der Waals surface area contributed by atoms with E-state index in [9.17, 15) is 14.4 Å². The van der Waals surface area contributed by atoms with Crippen molar-refractivity contribution < 1.29 is 19.1 Å². The number of carbonyl (C=O) groups is 3. The first kappa shape index (κ1) is 20.2. The number of hydrogen-bond donors (Lipinski definition) is 1. The molecule has 0 atom stereocenters. The monoisotopic (exact) mass is 368 g/mol. The number of nitrogens with one attached hydrogen (secondary N) is 1. The molecule has 0 radical (unpaired) electrons. The third-order valence-electron chi connectivity index (χ3n) is 3.95. The molecule has 0 aliphatic heterocycles. The highest BCUT2D eigenvalue weighted by molar-refractivity contribution is 6.00. The van der Waals surface area contributed by atoms with E-state index in [0.717, 1.165) is 5.56 Å². The smallest absolute Gasteiger partial charge is 0.337 e.